The van der Waals surface area contributed by atoms with Crippen molar-refractivity contribution in [1.29, 1.82) is 0 Å². The lowest BCUT2D eigenvalue weighted by atomic mass is 9.93. The second-order valence-corrected chi connectivity index (χ2v) is 6.34. The summed E-state index contributed by atoms with van der Waals surface area (Å²) in [7, 11) is 0. The van der Waals surface area contributed by atoms with E-state index in [1.54, 1.807) is 0 Å². The van der Waals surface area contributed by atoms with Crippen LogP contribution in [0.1, 0.15) is 46.0 Å². The number of nitrogens with two attached hydrogens (primary N) is 1. The number of piperidine rings is 1. The van der Waals surface area contributed by atoms with Gasteiger partial charge in [0, 0.05) is 25.7 Å². The normalized spacial score (nSPS) is 31.8. The zero-order chi connectivity index (χ0) is 13.8. The number of hydrogen-bond acceptors (Lipinski definition) is 3. The highest BCUT2D eigenvalue weighted by Crippen LogP contribution is 2.19. The molecule has 0 aromatic heterocycles. The minimum Gasteiger partial charge on any atom is -0.341 e. The van der Waals surface area contributed by atoms with Crippen LogP contribution in [0, 0.1) is 5.92 Å². The summed E-state index contributed by atoms with van der Waals surface area (Å²) < 4.78 is 0. The van der Waals surface area contributed by atoms with E-state index < -0.39 is 0 Å². The Hall–Kier alpha value is -0.610. The summed E-state index contributed by atoms with van der Waals surface area (Å²) in [6, 6.07) is 0.213. The molecule has 0 radical (unpaired) electrons. The monoisotopic (exact) mass is 267 g/mol. The first-order valence-corrected chi connectivity index (χ1v) is 7.88. The molecule has 0 aromatic carbocycles. The predicted molar refractivity (Wildman–Crippen MR) is 77.8 cm³/mol. The third-order valence-corrected chi connectivity index (χ3v) is 4.87. The Balaban J connectivity index is 1.90. The maximum atomic E-state index is 12.6. The fraction of sp³-hybridized carbons (Fsp3) is 0.933. The van der Waals surface area contributed by atoms with Crippen molar-refractivity contribution < 1.29 is 4.79 Å². The molecule has 4 nitrogen and oxygen atoms in total. The molecule has 19 heavy (non-hydrogen) atoms. The Morgan fingerprint density at radius 2 is 1.79 bits per heavy atom. The van der Waals surface area contributed by atoms with Gasteiger partial charge in [-0.2, -0.15) is 0 Å². The lowest BCUT2D eigenvalue weighted by Gasteiger charge is -2.39. The van der Waals surface area contributed by atoms with Crippen molar-refractivity contribution >= 4 is 5.91 Å². The van der Waals surface area contributed by atoms with Gasteiger partial charge in [0.05, 0.1) is 6.04 Å². The van der Waals surface area contributed by atoms with Crippen molar-refractivity contribution in [1.82, 2.24) is 9.80 Å². The molecule has 0 bridgehead atoms. The van der Waals surface area contributed by atoms with Crippen LogP contribution in [0.3, 0.4) is 0 Å². The van der Waals surface area contributed by atoms with Gasteiger partial charge >= 0.3 is 0 Å². The van der Waals surface area contributed by atoms with Gasteiger partial charge < -0.3 is 10.6 Å². The van der Waals surface area contributed by atoms with E-state index in [9.17, 15) is 4.79 Å². The van der Waals surface area contributed by atoms with Crippen LogP contribution in [0.4, 0.5) is 0 Å². The van der Waals surface area contributed by atoms with Crippen LogP contribution in [0.25, 0.3) is 0 Å². The Bertz CT molecular complexity index is 300. The molecule has 0 aromatic rings. The number of nitrogens with zero attached hydrogens (tertiary/aromatic N) is 2. The van der Waals surface area contributed by atoms with Gasteiger partial charge in [-0.05, 0) is 38.6 Å². The molecular formula is C15H29N3O. The number of amides is 1. The molecule has 3 unspecified atom stereocenters. The largest absolute Gasteiger partial charge is 0.341 e. The van der Waals surface area contributed by atoms with Gasteiger partial charge in [-0.1, -0.05) is 19.8 Å². The molecule has 3 atom stereocenters. The Labute approximate surface area is 117 Å². The summed E-state index contributed by atoms with van der Waals surface area (Å²) in [4.78, 5) is 16.9. The van der Waals surface area contributed by atoms with Crippen molar-refractivity contribution in [2.75, 3.05) is 26.2 Å². The molecular weight excluding hydrogens is 238 g/mol. The number of likely N-dealkylation sites (tertiary alicyclic amines) is 2. The second kappa shape index (κ2) is 6.71. The van der Waals surface area contributed by atoms with Crippen LogP contribution < -0.4 is 5.73 Å². The fourth-order valence-corrected chi connectivity index (χ4v) is 3.19. The van der Waals surface area contributed by atoms with Crippen LogP contribution in [0.2, 0.25) is 0 Å². The minimum absolute atomic E-state index is 0.00310. The zero-order valence-electron chi connectivity index (χ0n) is 12.5. The van der Waals surface area contributed by atoms with Crippen molar-refractivity contribution in [2.45, 2.75) is 58.0 Å². The first-order chi connectivity index (χ1) is 9.09. The Kier molecular flexibility index (Phi) is 5.22. The summed E-state index contributed by atoms with van der Waals surface area (Å²) in [6.45, 7) is 8.02. The smallest absolute Gasteiger partial charge is 0.239 e. The Morgan fingerprint density at radius 3 is 2.37 bits per heavy atom. The molecule has 2 fully saturated rings. The first kappa shape index (κ1) is 14.8. The van der Waals surface area contributed by atoms with Crippen LogP contribution in [-0.2, 0) is 4.79 Å². The van der Waals surface area contributed by atoms with Crippen molar-refractivity contribution in [2.24, 2.45) is 11.7 Å². The van der Waals surface area contributed by atoms with Gasteiger partial charge in [0.1, 0.15) is 0 Å². The van der Waals surface area contributed by atoms with Crippen molar-refractivity contribution in [3.8, 4) is 0 Å². The zero-order valence-corrected chi connectivity index (χ0v) is 12.5. The first-order valence-electron chi connectivity index (χ1n) is 7.88. The third kappa shape index (κ3) is 3.69. The van der Waals surface area contributed by atoms with Crippen molar-refractivity contribution in [3.63, 3.8) is 0 Å². The molecule has 0 aliphatic carbocycles. The van der Waals surface area contributed by atoms with Crippen molar-refractivity contribution in [3.05, 3.63) is 0 Å². The van der Waals surface area contributed by atoms with E-state index in [1.807, 2.05) is 0 Å². The van der Waals surface area contributed by atoms with E-state index in [0.717, 1.165) is 45.4 Å². The van der Waals surface area contributed by atoms with Gasteiger partial charge in [0.25, 0.3) is 0 Å². The average Bonchev–Trinajstić information content (AvgIpc) is 2.69. The van der Waals surface area contributed by atoms with Gasteiger partial charge in [0.2, 0.25) is 5.91 Å². The summed E-state index contributed by atoms with van der Waals surface area (Å²) in [6.07, 6.45) is 5.97. The second-order valence-electron chi connectivity index (χ2n) is 6.34. The van der Waals surface area contributed by atoms with E-state index in [-0.39, 0.29) is 12.1 Å². The number of carbonyl (C=O) groups excluding carboxylic acids is 1. The van der Waals surface area contributed by atoms with Crippen LogP contribution >= 0.6 is 0 Å². The third-order valence-electron chi connectivity index (χ3n) is 4.87. The number of carbonyl (C=O) groups is 1. The molecule has 2 aliphatic heterocycles. The molecule has 2 rings (SSSR count). The highest BCUT2D eigenvalue weighted by molar-refractivity contribution is 5.81. The molecule has 0 saturated carbocycles. The average molecular weight is 267 g/mol. The SMILES string of the molecule is CC1CCN(C(C)C(=O)N2CCCCCC2)CC1N. The van der Waals surface area contributed by atoms with Crippen LogP contribution in [0.5, 0.6) is 0 Å². The molecule has 0 spiro atoms. The lowest BCUT2D eigenvalue weighted by Crippen LogP contribution is -2.55. The standard InChI is InChI=1S/C15H29N3O/c1-12-7-10-18(11-14(12)16)13(2)15(19)17-8-5-3-4-6-9-17/h12-14H,3-11,16H2,1-2H3. The Morgan fingerprint density at radius 1 is 1.16 bits per heavy atom. The topological polar surface area (TPSA) is 49.6 Å². The highest BCUT2D eigenvalue weighted by atomic mass is 16.2. The molecule has 2 saturated heterocycles. The molecule has 4 heteroatoms. The summed E-state index contributed by atoms with van der Waals surface area (Å²) >= 11 is 0. The fourth-order valence-electron chi connectivity index (χ4n) is 3.19. The van der Waals surface area contributed by atoms with Gasteiger partial charge in [-0.15, -0.1) is 0 Å². The van der Waals surface area contributed by atoms with Gasteiger partial charge in [0.15, 0.2) is 0 Å². The minimum atomic E-state index is -0.00310. The van der Waals surface area contributed by atoms with E-state index >= 15 is 0 Å². The predicted octanol–water partition coefficient (Wildman–Crippen LogP) is 1.45. The molecule has 1 amide bonds. The summed E-state index contributed by atoms with van der Waals surface area (Å²) in [5.74, 6) is 0.889. The number of rotatable bonds is 2. The van der Waals surface area contributed by atoms with Gasteiger partial charge in [-0.25, -0.2) is 0 Å². The van der Waals surface area contributed by atoms with E-state index in [4.69, 9.17) is 5.73 Å². The maximum absolute atomic E-state index is 12.6. The van der Waals surface area contributed by atoms with E-state index in [2.05, 4.69) is 23.6 Å². The summed E-state index contributed by atoms with van der Waals surface area (Å²) in [5, 5.41) is 0. The molecule has 2 N–H and O–H groups in total. The van der Waals surface area contributed by atoms with Crippen LogP contribution in [-0.4, -0.2) is 54.0 Å². The molecule has 2 aliphatic rings. The van der Waals surface area contributed by atoms with Gasteiger partial charge in [-0.3, -0.25) is 9.69 Å². The lowest BCUT2D eigenvalue weighted by molar-refractivity contribution is -0.137. The quantitative estimate of drug-likeness (QED) is 0.824. The molecule has 2 heterocycles. The highest BCUT2D eigenvalue weighted by Gasteiger charge is 2.31. The van der Waals surface area contributed by atoms with E-state index in [1.165, 1.54) is 12.8 Å². The van der Waals surface area contributed by atoms with Crippen LogP contribution in [0.15, 0.2) is 0 Å². The van der Waals surface area contributed by atoms with E-state index in [0.29, 0.717) is 11.8 Å². The maximum Gasteiger partial charge on any atom is 0.239 e. The number of hydrogen-bond donors (Lipinski definition) is 1. The summed E-state index contributed by atoms with van der Waals surface area (Å²) in [5.41, 5.74) is 6.14. The molecule has 110 valence electrons.